The van der Waals surface area contributed by atoms with Crippen LogP contribution in [0.5, 0.6) is 0 Å². The van der Waals surface area contributed by atoms with Crippen molar-refractivity contribution in [1.29, 1.82) is 0 Å². The lowest BCUT2D eigenvalue weighted by molar-refractivity contribution is 0.112. The maximum absolute atomic E-state index is 10.9. The Bertz CT molecular complexity index is 551. The molecule has 0 amide bonds. The number of carbonyl (C=O) groups excluding carboxylic acids is 1. The summed E-state index contributed by atoms with van der Waals surface area (Å²) in [5, 5.41) is 2.10. The highest BCUT2D eigenvalue weighted by atomic mass is 79.9. The molecule has 0 saturated heterocycles. The van der Waals surface area contributed by atoms with Crippen molar-refractivity contribution in [3.63, 3.8) is 0 Å². The molecule has 100 valence electrons. The first-order valence-corrected chi connectivity index (χ1v) is 7.83. The summed E-state index contributed by atoms with van der Waals surface area (Å²) >= 11 is 5.21. The molecule has 0 N–H and O–H groups in total. The van der Waals surface area contributed by atoms with Crippen molar-refractivity contribution in [2.24, 2.45) is 0 Å². The van der Waals surface area contributed by atoms with E-state index in [1.54, 1.807) is 11.3 Å². The second-order valence-electron chi connectivity index (χ2n) is 4.62. The van der Waals surface area contributed by atoms with Gasteiger partial charge in [-0.05, 0) is 59.4 Å². The van der Waals surface area contributed by atoms with Crippen LogP contribution in [0.3, 0.4) is 0 Å². The van der Waals surface area contributed by atoms with Gasteiger partial charge < -0.3 is 4.90 Å². The van der Waals surface area contributed by atoms with Crippen LogP contribution >= 0.6 is 27.3 Å². The number of nitrogens with zero attached hydrogens (tertiary/aromatic N) is 1. The molecule has 0 fully saturated rings. The molecule has 0 aliphatic rings. The number of anilines is 1. The van der Waals surface area contributed by atoms with Crippen LogP contribution in [0.2, 0.25) is 0 Å². The average Bonchev–Trinajstić information content (AvgIpc) is 2.88. The zero-order chi connectivity index (χ0) is 13.8. The van der Waals surface area contributed by atoms with E-state index in [0.717, 1.165) is 23.0 Å². The second kappa shape index (κ2) is 6.35. The summed E-state index contributed by atoms with van der Waals surface area (Å²) in [6.07, 6.45) is 0.868. The number of hydrogen-bond acceptors (Lipinski definition) is 3. The van der Waals surface area contributed by atoms with Gasteiger partial charge in [0, 0.05) is 26.6 Å². The summed E-state index contributed by atoms with van der Waals surface area (Å²) in [5.41, 5.74) is 1.81. The molecule has 2 nitrogen and oxygen atoms in total. The Hall–Kier alpha value is -1.13. The van der Waals surface area contributed by atoms with Crippen molar-refractivity contribution in [2.45, 2.75) is 26.4 Å². The number of thiophene rings is 1. The third-order valence-electron chi connectivity index (χ3n) is 2.97. The van der Waals surface area contributed by atoms with Crippen molar-refractivity contribution >= 4 is 39.2 Å². The molecule has 1 aromatic carbocycles. The van der Waals surface area contributed by atoms with Gasteiger partial charge in [0.15, 0.2) is 6.29 Å². The molecule has 19 heavy (non-hydrogen) atoms. The number of halogens is 1. The third-order valence-corrected chi connectivity index (χ3v) is 4.52. The normalized spacial score (nSPS) is 10.7. The fraction of sp³-hybridized carbons (Fsp3) is 0.267. The first-order chi connectivity index (χ1) is 9.11. The van der Waals surface area contributed by atoms with E-state index in [9.17, 15) is 4.79 Å². The maximum atomic E-state index is 10.9. The van der Waals surface area contributed by atoms with E-state index in [2.05, 4.69) is 52.2 Å². The highest BCUT2D eigenvalue weighted by Crippen LogP contribution is 2.27. The van der Waals surface area contributed by atoms with Crippen LogP contribution in [0.15, 0.2) is 40.2 Å². The Morgan fingerprint density at radius 1 is 1.37 bits per heavy atom. The summed E-state index contributed by atoms with van der Waals surface area (Å²) in [4.78, 5) is 14.5. The van der Waals surface area contributed by atoms with Gasteiger partial charge in [0.2, 0.25) is 0 Å². The van der Waals surface area contributed by atoms with Gasteiger partial charge in [0.25, 0.3) is 0 Å². The molecule has 0 bridgehead atoms. The monoisotopic (exact) mass is 337 g/mol. The molecule has 0 aliphatic carbocycles. The predicted molar refractivity (Wildman–Crippen MR) is 85.2 cm³/mol. The summed E-state index contributed by atoms with van der Waals surface area (Å²) in [5.74, 6) is 0. The Kier molecular flexibility index (Phi) is 4.77. The average molecular weight is 338 g/mol. The topological polar surface area (TPSA) is 20.3 Å². The van der Waals surface area contributed by atoms with E-state index in [0.29, 0.717) is 11.6 Å². The van der Waals surface area contributed by atoms with Crippen LogP contribution in [-0.4, -0.2) is 12.3 Å². The molecule has 0 spiro atoms. The predicted octanol–water partition coefficient (Wildman–Crippen LogP) is 4.74. The largest absolute Gasteiger partial charge is 0.364 e. The molecular formula is C15H16BrNOS. The van der Waals surface area contributed by atoms with E-state index in [-0.39, 0.29) is 0 Å². The molecule has 0 saturated carbocycles. The Labute approximate surface area is 126 Å². The summed E-state index contributed by atoms with van der Waals surface area (Å²) in [7, 11) is 0. The number of carbonyl (C=O) groups is 1. The lowest BCUT2D eigenvalue weighted by atomic mass is 10.2. The second-order valence-corrected chi connectivity index (χ2v) is 6.51. The fourth-order valence-electron chi connectivity index (χ4n) is 1.93. The minimum Gasteiger partial charge on any atom is -0.364 e. The van der Waals surface area contributed by atoms with E-state index in [1.165, 1.54) is 4.88 Å². The van der Waals surface area contributed by atoms with Gasteiger partial charge in [0.1, 0.15) is 0 Å². The van der Waals surface area contributed by atoms with E-state index < -0.39 is 0 Å². The maximum Gasteiger partial charge on any atom is 0.151 e. The molecular weight excluding hydrogens is 322 g/mol. The van der Waals surface area contributed by atoms with Crippen LogP contribution in [0.25, 0.3) is 0 Å². The fourth-order valence-corrected chi connectivity index (χ4v) is 3.10. The smallest absolute Gasteiger partial charge is 0.151 e. The van der Waals surface area contributed by atoms with Crippen LogP contribution < -0.4 is 4.90 Å². The van der Waals surface area contributed by atoms with Crippen molar-refractivity contribution < 1.29 is 4.79 Å². The molecule has 2 rings (SSSR count). The lowest BCUT2D eigenvalue weighted by Gasteiger charge is -2.29. The molecule has 0 unspecified atom stereocenters. The Balaban J connectivity index is 2.28. The third kappa shape index (κ3) is 3.45. The van der Waals surface area contributed by atoms with Gasteiger partial charge in [-0.3, -0.25) is 4.79 Å². The highest BCUT2D eigenvalue weighted by molar-refractivity contribution is 9.10. The number of benzene rings is 1. The van der Waals surface area contributed by atoms with Gasteiger partial charge in [-0.2, -0.15) is 0 Å². The summed E-state index contributed by atoms with van der Waals surface area (Å²) < 4.78 is 0.844. The summed E-state index contributed by atoms with van der Waals surface area (Å²) in [6, 6.07) is 10.5. The van der Waals surface area contributed by atoms with Crippen molar-refractivity contribution in [3.05, 3.63) is 50.6 Å². The zero-order valence-electron chi connectivity index (χ0n) is 11.0. The van der Waals surface area contributed by atoms with Crippen LogP contribution in [0.4, 0.5) is 5.69 Å². The minimum absolute atomic E-state index is 0.399. The van der Waals surface area contributed by atoms with Gasteiger partial charge in [-0.1, -0.05) is 6.07 Å². The Morgan fingerprint density at radius 2 is 2.16 bits per heavy atom. The number of hydrogen-bond donors (Lipinski definition) is 0. The summed E-state index contributed by atoms with van der Waals surface area (Å²) in [6.45, 7) is 5.24. The molecule has 0 radical (unpaired) electrons. The highest BCUT2D eigenvalue weighted by Gasteiger charge is 2.13. The standard InChI is InChI=1S/C15H16BrNOS/c1-11(2)17(9-14-4-3-7-19-14)13-6-5-12(10-18)15(16)8-13/h3-8,10-11H,9H2,1-2H3. The first-order valence-electron chi connectivity index (χ1n) is 6.15. The lowest BCUT2D eigenvalue weighted by Crippen LogP contribution is -2.29. The first kappa shape index (κ1) is 14.3. The molecule has 2 aromatic rings. The van der Waals surface area contributed by atoms with E-state index in [1.807, 2.05) is 18.2 Å². The molecule has 0 aliphatic heterocycles. The number of rotatable bonds is 5. The van der Waals surface area contributed by atoms with Crippen LogP contribution in [-0.2, 0) is 6.54 Å². The molecule has 1 heterocycles. The SMILES string of the molecule is CC(C)N(Cc1cccs1)c1ccc(C=O)c(Br)c1. The molecule has 0 atom stereocenters. The van der Waals surface area contributed by atoms with Gasteiger partial charge in [-0.15, -0.1) is 11.3 Å². The van der Waals surface area contributed by atoms with Crippen molar-refractivity contribution in [2.75, 3.05) is 4.90 Å². The van der Waals surface area contributed by atoms with Crippen molar-refractivity contribution in [1.82, 2.24) is 0 Å². The van der Waals surface area contributed by atoms with Gasteiger partial charge in [0.05, 0.1) is 6.54 Å². The molecule has 4 heteroatoms. The quantitative estimate of drug-likeness (QED) is 0.734. The van der Waals surface area contributed by atoms with Gasteiger partial charge >= 0.3 is 0 Å². The molecule has 1 aromatic heterocycles. The number of aldehydes is 1. The van der Waals surface area contributed by atoms with E-state index in [4.69, 9.17) is 0 Å². The minimum atomic E-state index is 0.399. The van der Waals surface area contributed by atoms with Gasteiger partial charge in [-0.25, -0.2) is 0 Å². The van der Waals surface area contributed by atoms with E-state index >= 15 is 0 Å². The van der Waals surface area contributed by atoms with Crippen LogP contribution in [0, 0.1) is 0 Å². The van der Waals surface area contributed by atoms with Crippen molar-refractivity contribution in [3.8, 4) is 0 Å². The zero-order valence-corrected chi connectivity index (χ0v) is 13.4. The van der Waals surface area contributed by atoms with Crippen LogP contribution in [0.1, 0.15) is 29.1 Å². The Morgan fingerprint density at radius 3 is 2.68 bits per heavy atom.